The van der Waals surface area contributed by atoms with Gasteiger partial charge in [-0.05, 0) is 86.8 Å². The van der Waals surface area contributed by atoms with Gasteiger partial charge in [-0.15, -0.1) is 0 Å². The maximum atomic E-state index is 8.00. The van der Waals surface area contributed by atoms with E-state index in [-0.39, 0.29) is 0 Å². The predicted octanol–water partition coefficient (Wildman–Crippen LogP) is 9.70. The average molecular weight is 566 g/mol. The van der Waals surface area contributed by atoms with Crippen LogP contribution in [0.3, 0.4) is 0 Å². The molecule has 0 aliphatic carbocycles. The fourth-order valence-electron chi connectivity index (χ4n) is 6.07. The summed E-state index contributed by atoms with van der Waals surface area (Å²) in [5.41, 5.74) is 8.48. The smallest absolute Gasteiger partial charge is 0.137 e. The molecule has 0 saturated carbocycles. The minimum Gasteiger partial charge on any atom is -0.457 e. The largest absolute Gasteiger partial charge is 0.457 e. The fourth-order valence-corrected chi connectivity index (χ4v) is 6.07. The van der Waals surface area contributed by atoms with E-state index in [9.17, 15) is 0 Å². The molecule has 0 N–H and O–H groups in total. The molecule has 0 amide bonds. The standard InChI is InChI=1S/C38H34N4O/c1-5-10-28-19-20-39-37(22-28)41-35-18-15-25(2)21-34(35)33-17-16-32(24-36(33)41)43-31-14-9-13-30(23-31)42-27(4)38(26(3)40-42)29-11-7-6-8-12-29/h6-9,11-24H,5,10H2,1-4H3/i2D3. The molecule has 0 radical (unpaired) electrons. The van der Waals surface area contributed by atoms with Crippen molar-refractivity contribution in [3.05, 3.63) is 132 Å². The number of ether oxygens (including phenoxy) is 1. The minimum absolute atomic E-state index is 0.309. The predicted molar refractivity (Wildman–Crippen MR) is 176 cm³/mol. The van der Waals surface area contributed by atoms with E-state index in [1.807, 2.05) is 90.6 Å². The number of fused-ring (bicyclic) bond motifs is 3. The monoisotopic (exact) mass is 565 g/mol. The van der Waals surface area contributed by atoms with Crippen molar-refractivity contribution < 1.29 is 8.85 Å². The molecule has 7 aromatic rings. The van der Waals surface area contributed by atoms with Crippen LogP contribution in [0.15, 0.2) is 109 Å². The van der Waals surface area contributed by atoms with Crippen LogP contribution in [0.25, 0.3) is 44.4 Å². The third-order valence-electron chi connectivity index (χ3n) is 7.97. The molecule has 0 fully saturated rings. The highest BCUT2D eigenvalue weighted by atomic mass is 16.5. The number of nitrogens with zero attached hydrogens (tertiary/aromatic N) is 4. The third kappa shape index (κ3) is 4.87. The van der Waals surface area contributed by atoms with Crippen molar-refractivity contribution in [2.75, 3.05) is 0 Å². The molecule has 212 valence electrons. The maximum Gasteiger partial charge on any atom is 0.137 e. The summed E-state index contributed by atoms with van der Waals surface area (Å²) in [5, 5.41) is 6.66. The van der Waals surface area contributed by atoms with Gasteiger partial charge in [0.25, 0.3) is 0 Å². The number of hydrogen-bond donors (Lipinski definition) is 0. The van der Waals surface area contributed by atoms with E-state index in [0.29, 0.717) is 17.1 Å². The quantitative estimate of drug-likeness (QED) is 0.193. The van der Waals surface area contributed by atoms with Gasteiger partial charge >= 0.3 is 0 Å². The molecule has 0 bridgehead atoms. The molecule has 0 unspecified atom stereocenters. The van der Waals surface area contributed by atoms with Crippen LogP contribution in [0.4, 0.5) is 0 Å². The molecule has 0 aliphatic rings. The van der Waals surface area contributed by atoms with E-state index in [2.05, 4.69) is 36.6 Å². The molecule has 3 aromatic heterocycles. The van der Waals surface area contributed by atoms with Crippen LogP contribution in [0.1, 0.15) is 40.0 Å². The highest BCUT2D eigenvalue weighted by Gasteiger charge is 2.17. The highest BCUT2D eigenvalue weighted by molar-refractivity contribution is 6.09. The molecule has 7 rings (SSSR count). The number of hydrogen-bond acceptors (Lipinski definition) is 3. The average Bonchev–Trinajstić information content (AvgIpc) is 3.53. The van der Waals surface area contributed by atoms with Crippen LogP contribution < -0.4 is 4.74 Å². The van der Waals surface area contributed by atoms with Gasteiger partial charge in [-0.2, -0.15) is 5.10 Å². The second kappa shape index (κ2) is 10.9. The van der Waals surface area contributed by atoms with Gasteiger partial charge in [0.05, 0.1) is 22.4 Å². The molecule has 0 saturated heterocycles. The van der Waals surface area contributed by atoms with Crippen molar-refractivity contribution in [1.82, 2.24) is 19.3 Å². The lowest BCUT2D eigenvalue weighted by Crippen LogP contribution is -2.00. The van der Waals surface area contributed by atoms with E-state index in [0.717, 1.165) is 68.7 Å². The third-order valence-corrected chi connectivity index (χ3v) is 7.97. The van der Waals surface area contributed by atoms with Gasteiger partial charge in [0.1, 0.15) is 17.3 Å². The van der Waals surface area contributed by atoms with Crippen molar-refractivity contribution in [3.63, 3.8) is 0 Å². The van der Waals surface area contributed by atoms with E-state index < -0.39 is 6.85 Å². The summed E-state index contributed by atoms with van der Waals surface area (Å²) >= 11 is 0. The second-order valence-corrected chi connectivity index (χ2v) is 10.9. The first kappa shape index (κ1) is 23.4. The molecule has 0 atom stereocenters. The molecule has 5 heteroatoms. The molecular weight excluding hydrogens is 528 g/mol. The van der Waals surface area contributed by atoms with Gasteiger partial charge in [-0.25, -0.2) is 9.67 Å². The Labute approximate surface area is 256 Å². The number of pyridine rings is 1. The number of aromatic nitrogens is 4. The summed E-state index contributed by atoms with van der Waals surface area (Å²) in [5.74, 6) is 2.12. The lowest BCUT2D eigenvalue weighted by molar-refractivity contribution is 0.483. The van der Waals surface area contributed by atoms with Crippen LogP contribution in [0.2, 0.25) is 0 Å². The van der Waals surface area contributed by atoms with Crippen molar-refractivity contribution >= 4 is 21.8 Å². The molecule has 3 heterocycles. The van der Waals surface area contributed by atoms with E-state index in [4.69, 9.17) is 18.9 Å². The van der Waals surface area contributed by atoms with Crippen LogP contribution in [-0.4, -0.2) is 19.3 Å². The first-order valence-corrected chi connectivity index (χ1v) is 14.6. The zero-order valence-electron chi connectivity index (χ0n) is 27.5. The van der Waals surface area contributed by atoms with Crippen LogP contribution in [0, 0.1) is 20.7 Å². The van der Waals surface area contributed by atoms with Crippen LogP contribution in [0.5, 0.6) is 11.5 Å². The zero-order valence-corrected chi connectivity index (χ0v) is 24.5. The summed E-state index contributed by atoms with van der Waals surface area (Å²) in [4.78, 5) is 4.73. The van der Waals surface area contributed by atoms with Gasteiger partial charge in [0, 0.05) is 44.5 Å². The Morgan fingerprint density at radius 3 is 2.49 bits per heavy atom. The second-order valence-electron chi connectivity index (χ2n) is 10.9. The number of rotatable bonds is 7. The molecular formula is C38H34N4O. The summed E-state index contributed by atoms with van der Waals surface area (Å²) in [6, 6.07) is 33.7. The first-order valence-electron chi connectivity index (χ1n) is 16.1. The Morgan fingerprint density at radius 2 is 1.65 bits per heavy atom. The van der Waals surface area contributed by atoms with Gasteiger partial charge < -0.3 is 4.74 Å². The molecule has 4 aromatic carbocycles. The van der Waals surface area contributed by atoms with Gasteiger partial charge in [-0.1, -0.05) is 61.4 Å². The van der Waals surface area contributed by atoms with Crippen LogP contribution >= 0.6 is 0 Å². The van der Waals surface area contributed by atoms with Crippen molar-refractivity contribution in [2.24, 2.45) is 0 Å². The first-order chi connectivity index (χ1) is 22.2. The van der Waals surface area contributed by atoms with Crippen molar-refractivity contribution in [2.45, 2.75) is 40.5 Å². The molecule has 0 spiro atoms. The summed E-state index contributed by atoms with van der Waals surface area (Å²) in [6.07, 6.45) is 3.81. The van der Waals surface area contributed by atoms with Crippen LogP contribution in [-0.2, 0) is 6.42 Å². The maximum absolute atomic E-state index is 8.00. The van der Waals surface area contributed by atoms with E-state index in [1.54, 1.807) is 12.1 Å². The lowest BCUT2D eigenvalue weighted by atomic mass is 10.0. The molecule has 5 nitrogen and oxygen atoms in total. The molecule has 43 heavy (non-hydrogen) atoms. The van der Waals surface area contributed by atoms with Gasteiger partial charge in [-0.3, -0.25) is 4.57 Å². The SMILES string of the molecule is [2H]C([2H])([2H])c1ccc2c(c1)c1ccc(Oc3cccc(-n4nc(C)c(-c5ccccc5)c4C)c3)cc1n2-c1cc(CCC)ccn1. The number of aryl methyl sites for hydroxylation is 3. The summed E-state index contributed by atoms with van der Waals surface area (Å²) in [7, 11) is 0. The Kier molecular flexibility index (Phi) is 5.94. The fraction of sp³-hybridized carbons (Fsp3) is 0.158. The highest BCUT2D eigenvalue weighted by Crippen LogP contribution is 2.36. The van der Waals surface area contributed by atoms with Crippen molar-refractivity contribution in [1.29, 1.82) is 0 Å². The lowest BCUT2D eigenvalue weighted by Gasteiger charge is -2.11. The topological polar surface area (TPSA) is 44.9 Å². The zero-order chi connectivity index (χ0) is 32.0. The van der Waals surface area contributed by atoms with Gasteiger partial charge in [0.15, 0.2) is 0 Å². The molecule has 0 aliphatic heterocycles. The minimum atomic E-state index is -2.21. The summed E-state index contributed by atoms with van der Waals surface area (Å²) in [6.45, 7) is 4.08. The number of benzene rings is 4. The Morgan fingerprint density at radius 1 is 0.791 bits per heavy atom. The van der Waals surface area contributed by atoms with E-state index in [1.165, 1.54) is 5.56 Å². The Hall–Kier alpha value is -5.16. The summed E-state index contributed by atoms with van der Waals surface area (Å²) < 4.78 is 34.5. The van der Waals surface area contributed by atoms with Gasteiger partial charge in [0.2, 0.25) is 0 Å². The Balaban J connectivity index is 1.31. The Bertz CT molecular complexity index is 2210. The van der Waals surface area contributed by atoms with E-state index >= 15 is 0 Å². The van der Waals surface area contributed by atoms with Crippen molar-refractivity contribution in [3.8, 4) is 34.1 Å². The normalized spacial score (nSPS) is 12.8.